The van der Waals surface area contributed by atoms with E-state index in [9.17, 15) is 4.79 Å². The van der Waals surface area contributed by atoms with Crippen molar-refractivity contribution in [3.8, 4) is 0 Å². The summed E-state index contributed by atoms with van der Waals surface area (Å²) in [4.78, 5) is 15.5. The van der Waals surface area contributed by atoms with E-state index >= 15 is 0 Å². The predicted octanol–water partition coefficient (Wildman–Crippen LogP) is 3.06. The number of hydrogen-bond donors (Lipinski definition) is 2. The third-order valence-electron chi connectivity index (χ3n) is 2.26. The van der Waals surface area contributed by atoms with Gasteiger partial charge in [-0.1, -0.05) is 23.7 Å². The molecule has 0 fully saturated rings. The third kappa shape index (κ3) is 3.75. The smallest absolute Gasteiger partial charge is 0.319 e. The first-order chi connectivity index (χ1) is 8.74. The Labute approximate surface area is 110 Å². The summed E-state index contributed by atoms with van der Waals surface area (Å²) in [6.45, 7) is 0.423. The number of carbonyl (C=O) groups excluding carboxylic acids is 1. The van der Waals surface area contributed by atoms with Gasteiger partial charge in [-0.25, -0.2) is 4.79 Å². The van der Waals surface area contributed by atoms with Crippen LogP contribution in [0, 0.1) is 0 Å². The third-order valence-corrected chi connectivity index (χ3v) is 2.50. The summed E-state index contributed by atoms with van der Waals surface area (Å²) >= 11 is 5.85. The molecule has 0 aliphatic heterocycles. The second-order valence-corrected chi connectivity index (χ2v) is 4.12. The van der Waals surface area contributed by atoms with Crippen molar-refractivity contribution in [3.05, 3.63) is 59.4 Å². The standard InChI is InChI=1S/C13H12ClN3O/c14-11-4-1-3-10(7-11)8-16-13(18)17-12-5-2-6-15-9-12/h1-7,9H,8H2,(H2,16,17,18). The highest BCUT2D eigenvalue weighted by atomic mass is 35.5. The lowest BCUT2D eigenvalue weighted by Gasteiger charge is -2.07. The average Bonchev–Trinajstić information content (AvgIpc) is 2.38. The van der Waals surface area contributed by atoms with Crippen molar-refractivity contribution < 1.29 is 4.79 Å². The van der Waals surface area contributed by atoms with Gasteiger partial charge in [0.25, 0.3) is 0 Å². The Morgan fingerprint density at radius 3 is 2.89 bits per heavy atom. The summed E-state index contributed by atoms with van der Waals surface area (Å²) < 4.78 is 0. The van der Waals surface area contributed by atoms with Gasteiger partial charge >= 0.3 is 6.03 Å². The monoisotopic (exact) mass is 261 g/mol. The minimum Gasteiger partial charge on any atom is -0.334 e. The van der Waals surface area contributed by atoms with Gasteiger partial charge < -0.3 is 10.6 Å². The molecule has 0 saturated carbocycles. The van der Waals surface area contributed by atoms with Crippen LogP contribution in [-0.4, -0.2) is 11.0 Å². The zero-order valence-corrected chi connectivity index (χ0v) is 10.3. The zero-order chi connectivity index (χ0) is 12.8. The first-order valence-electron chi connectivity index (χ1n) is 5.43. The number of amides is 2. The van der Waals surface area contributed by atoms with Crippen LogP contribution >= 0.6 is 11.6 Å². The first-order valence-corrected chi connectivity index (χ1v) is 5.81. The van der Waals surface area contributed by atoms with Crippen molar-refractivity contribution in [2.24, 2.45) is 0 Å². The average molecular weight is 262 g/mol. The Hall–Kier alpha value is -2.07. The summed E-state index contributed by atoms with van der Waals surface area (Å²) in [5, 5.41) is 6.07. The minimum atomic E-state index is -0.275. The molecule has 92 valence electrons. The van der Waals surface area contributed by atoms with Crippen molar-refractivity contribution in [2.45, 2.75) is 6.54 Å². The van der Waals surface area contributed by atoms with Crippen LogP contribution in [0.5, 0.6) is 0 Å². The van der Waals surface area contributed by atoms with E-state index in [0.717, 1.165) is 5.56 Å². The van der Waals surface area contributed by atoms with Gasteiger partial charge in [0.1, 0.15) is 0 Å². The SMILES string of the molecule is O=C(NCc1cccc(Cl)c1)Nc1cccnc1. The van der Waals surface area contributed by atoms with E-state index < -0.39 is 0 Å². The number of carbonyl (C=O) groups is 1. The Bertz CT molecular complexity index is 531. The first kappa shape index (κ1) is 12.4. The molecule has 0 aliphatic carbocycles. The Kier molecular flexibility index (Phi) is 4.15. The molecule has 1 aromatic heterocycles. The molecule has 18 heavy (non-hydrogen) atoms. The summed E-state index contributed by atoms with van der Waals surface area (Å²) in [6, 6.07) is 10.6. The summed E-state index contributed by atoms with van der Waals surface area (Å²) in [6.07, 6.45) is 3.23. The number of aromatic nitrogens is 1. The van der Waals surface area contributed by atoms with Crippen molar-refractivity contribution in [2.75, 3.05) is 5.32 Å². The van der Waals surface area contributed by atoms with Crippen LogP contribution in [0.1, 0.15) is 5.56 Å². The Morgan fingerprint density at radius 1 is 1.28 bits per heavy atom. The van der Waals surface area contributed by atoms with Crippen LogP contribution in [-0.2, 0) is 6.54 Å². The highest BCUT2D eigenvalue weighted by Gasteiger charge is 2.01. The molecule has 4 nitrogen and oxygen atoms in total. The van der Waals surface area contributed by atoms with Crippen molar-refractivity contribution in [3.63, 3.8) is 0 Å². The lowest BCUT2D eigenvalue weighted by molar-refractivity contribution is 0.251. The maximum atomic E-state index is 11.6. The predicted molar refractivity (Wildman–Crippen MR) is 71.5 cm³/mol. The van der Waals surface area contributed by atoms with Crippen LogP contribution in [0.25, 0.3) is 0 Å². The lowest BCUT2D eigenvalue weighted by Crippen LogP contribution is -2.28. The van der Waals surface area contributed by atoms with Gasteiger partial charge in [-0.05, 0) is 29.8 Å². The molecule has 2 N–H and O–H groups in total. The molecule has 2 aromatic rings. The molecule has 1 aromatic carbocycles. The van der Waals surface area contributed by atoms with Gasteiger partial charge in [0.2, 0.25) is 0 Å². The largest absolute Gasteiger partial charge is 0.334 e. The molecule has 0 atom stereocenters. The Balaban J connectivity index is 1.85. The van der Waals surface area contributed by atoms with Gasteiger partial charge in [0.15, 0.2) is 0 Å². The van der Waals surface area contributed by atoms with Crippen LogP contribution < -0.4 is 10.6 Å². The van der Waals surface area contributed by atoms with E-state index in [-0.39, 0.29) is 6.03 Å². The molecule has 2 amide bonds. The highest BCUT2D eigenvalue weighted by molar-refractivity contribution is 6.30. The molecule has 0 spiro atoms. The molecule has 1 heterocycles. The number of rotatable bonds is 3. The van der Waals surface area contributed by atoms with Gasteiger partial charge in [0.05, 0.1) is 11.9 Å². The molecule has 0 aliphatic rings. The van der Waals surface area contributed by atoms with Crippen LogP contribution in [0.4, 0.5) is 10.5 Å². The molecular weight excluding hydrogens is 250 g/mol. The molecule has 2 rings (SSSR count). The molecule has 0 unspecified atom stereocenters. The maximum absolute atomic E-state index is 11.6. The zero-order valence-electron chi connectivity index (χ0n) is 9.56. The van der Waals surface area contributed by atoms with Crippen molar-refractivity contribution in [1.29, 1.82) is 0 Å². The number of urea groups is 1. The highest BCUT2D eigenvalue weighted by Crippen LogP contribution is 2.10. The van der Waals surface area contributed by atoms with Gasteiger partial charge in [-0.3, -0.25) is 4.98 Å². The fraction of sp³-hybridized carbons (Fsp3) is 0.0769. The molecule has 0 saturated heterocycles. The molecule has 5 heteroatoms. The van der Waals surface area contributed by atoms with E-state index in [1.165, 1.54) is 0 Å². The van der Waals surface area contributed by atoms with Crippen LogP contribution in [0.15, 0.2) is 48.8 Å². The number of pyridine rings is 1. The lowest BCUT2D eigenvalue weighted by atomic mass is 10.2. The van der Waals surface area contributed by atoms with Gasteiger partial charge in [0, 0.05) is 17.8 Å². The van der Waals surface area contributed by atoms with E-state index in [0.29, 0.717) is 17.3 Å². The topological polar surface area (TPSA) is 54.0 Å². The van der Waals surface area contributed by atoms with E-state index in [2.05, 4.69) is 15.6 Å². The molecule has 0 radical (unpaired) electrons. The number of benzene rings is 1. The van der Waals surface area contributed by atoms with E-state index in [1.807, 2.05) is 18.2 Å². The quantitative estimate of drug-likeness (QED) is 0.892. The number of nitrogens with zero attached hydrogens (tertiary/aromatic N) is 1. The fourth-order valence-corrected chi connectivity index (χ4v) is 1.65. The molecular formula is C13H12ClN3O. The number of nitrogens with one attached hydrogen (secondary N) is 2. The van der Waals surface area contributed by atoms with Crippen molar-refractivity contribution in [1.82, 2.24) is 10.3 Å². The summed E-state index contributed by atoms with van der Waals surface area (Å²) in [7, 11) is 0. The normalized spacial score (nSPS) is 9.83. The summed E-state index contributed by atoms with van der Waals surface area (Å²) in [5.74, 6) is 0. The number of anilines is 1. The van der Waals surface area contributed by atoms with E-state index in [1.54, 1.807) is 30.6 Å². The number of halogens is 1. The number of hydrogen-bond acceptors (Lipinski definition) is 2. The maximum Gasteiger partial charge on any atom is 0.319 e. The summed E-state index contributed by atoms with van der Waals surface area (Å²) in [5.41, 5.74) is 1.60. The second kappa shape index (κ2) is 6.02. The minimum absolute atomic E-state index is 0.275. The van der Waals surface area contributed by atoms with Gasteiger partial charge in [-0.2, -0.15) is 0 Å². The van der Waals surface area contributed by atoms with Crippen LogP contribution in [0.3, 0.4) is 0 Å². The van der Waals surface area contributed by atoms with E-state index in [4.69, 9.17) is 11.6 Å². The van der Waals surface area contributed by atoms with Crippen molar-refractivity contribution >= 4 is 23.3 Å². The second-order valence-electron chi connectivity index (χ2n) is 3.68. The van der Waals surface area contributed by atoms with Gasteiger partial charge in [-0.15, -0.1) is 0 Å². The Morgan fingerprint density at radius 2 is 2.17 bits per heavy atom. The molecule has 0 bridgehead atoms. The fourth-order valence-electron chi connectivity index (χ4n) is 1.44. The van der Waals surface area contributed by atoms with Crippen LogP contribution in [0.2, 0.25) is 5.02 Å².